The molecule has 0 saturated heterocycles. The van der Waals surface area contributed by atoms with E-state index in [9.17, 15) is 23.4 Å². The SMILES string of the molecule is Cc1ccc(C(CC(=O)O)c2ccc(F)cc2)cc1C[SH]1(O)(O)NC[C@@H](C)Oc2ccccc21. The zero-order valence-electron chi connectivity index (χ0n) is 19.1. The molecule has 0 bridgehead atoms. The molecule has 4 rings (SSSR count). The minimum atomic E-state index is -4.64. The second-order valence-corrected chi connectivity index (χ2v) is 12.5. The third kappa shape index (κ3) is 4.95. The summed E-state index contributed by atoms with van der Waals surface area (Å²) in [6, 6.07) is 18.2. The van der Waals surface area contributed by atoms with Crippen LogP contribution in [0.5, 0.6) is 5.75 Å². The van der Waals surface area contributed by atoms with Crippen LogP contribution in [-0.2, 0) is 10.5 Å². The van der Waals surface area contributed by atoms with Crippen LogP contribution in [-0.4, -0.2) is 32.8 Å². The minimum Gasteiger partial charge on any atom is -0.487 e. The second kappa shape index (κ2) is 9.03. The van der Waals surface area contributed by atoms with Gasteiger partial charge in [-0.3, -0.25) is 4.79 Å². The number of hydrogen-bond acceptors (Lipinski definition) is 5. The predicted molar refractivity (Wildman–Crippen MR) is 132 cm³/mol. The van der Waals surface area contributed by atoms with Crippen LogP contribution in [0, 0.1) is 12.7 Å². The molecule has 34 heavy (non-hydrogen) atoms. The molecule has 182 valence electrons. The minimum absolute atomic E-state index is 0.0679. The topological polar surface area (TPSA) is 99.0 Å². The summed E-state index contributed by atoms with van der Waals surface area (Å²) in [4.78, 5) is 12.0. The van der Waals surface area contributed by atoms with Gasteiger partial charge in [-0.15, -0.1) is 0 Å². The van der Waals surface area contributed by atoms with Gasteiger partial charge in [0.1, 0.15) is 17.7 Å². The summed E-state index contributed by atoms with van der Waals surface area (Å²) in [6.45, 7) is 4.00. The van der Waals surface area contributed by atoms with Crippen LogP contribution in [0.2, 0.25) is 0 Å². The monoisotopic (exact) mass is 487 g/mol. The molecule has 1 aliphatic heterocycles. The van der Waals surface area contributed by atoms with Crippen molar-refractivity contribution in [3.63, 3.8) is 0 Å². The number of hydrogen-bond donors (Lipinski definition) is 5. The Bertz CT molecular complexity index is 1210. The zero-order chi connectivity index (χ0) is 24.5. The third-order valence-electron chi connectivity index (χ3n) is 6.31. The Morgan fingerprint density at radius 2 is 1.79 bits per heavy atom. The zero-order valence-corrected chi connectivity index (χ0v) is 20.0. The first-order chi connectivity index (χ1) is 16.0. The second-order valence-electron chi connectivity index (χ2n) is 9.00. The number of rotatable bonds is 6. The number of benzene rings is 3. The predicted octanol–water partition coefficient (Wildman–Crippen LogP) is 5.60. The highest BCUT2D eigenvalue weighted by Crippen LogP contribution is 2.70. The molecule has 6 nitrogen and oxygen atoms in total. The molecule has 2 atom stereocenters. The van der Waals surface area contributed by atoms with Crippen LogP contribution in [0.1, 0.15) is 41.5 Å². The lowest BCUT2D eigenvalue weighted by molar-refractivity contribution is -0.137. The fourth-order valence-electron chi connectivity index (χ4n) is 4.45. The van der Waals surface area contributed by atoms with E-state index in [2.05, 4.69) is 4.72 Å². The third-order valence-corrected chi connectivity index (χ3v) is 9.48. The maximum absolute atomic E-state index is 13.5. The first-order valence-electron chi connectivity index (χ1n) is 11.1. The number of fused-ring (bicyclic) bond motifs is 1. The highest BCUT2D eigenvalue weighted by molar-refractivity contribution is 8.38. The van der Waals surface area contributed by atoms with E-state index in [4.69, 9.17) is 4.74 Å². The van der Waals surface area contributed by atoms with E-state index in [0.29, 0.717) is 27.3 Å². The van der Waals surface area contributed by atoms with Gasteiger partial charge >= 0.3 is 5.97 Å². The van der Waals surface area contributed by atoms with Gasteiger partial charge in [0.2, 0.25) is 0 Å². The Morgan fingerprint density at radius 1 is 1.12 bits per heavy atom. The molecule has 1 aliphatic rings. The average molecular weight is 488 g/mol. The van der Waals surface area contributed by atoms with Crippen LogP contribution in [0.15, 0.2) is 71.6 Å². The van der Waals surface area contributed by atoms with Crippen molar-refractivity contribution >= 4 is 15.9 Å². The van der Waals surface area contributed by atoms with Crippen molar-refractivity contribution in [2.45, 2.75) is 42.9 Å². The van der Waals surface area contributed by atoms with Crippen molar-refractivity contribution in [1.29, 1.82) is 0 Å². The summed E-state index contributed by atoms with van der Waals surface area (Å²) in [6.07, 6.45) is -0.433. The molecule has 0 amide bonds. The molecule has 4 N–H and O–H groups in total. The first-order valence-corrected chi connectivity index (χ1v) is 13.5. The lowest BCUT2D eigenvalue weighted by Crippen LogP contribution is -2.38. The normalized spacial score (nSPS) is 20.6. The number of aryl methyl sites for hydroxylation is 1. The number of aliphatic carboxylic acids is 1. The van der Waals surface area contributed by atoms with Gasteiger partial charge in [-0.05, 0) is 60.4 Å². The fraction of sp³-hybridized carbons (Fsp3) is 0.269. The van der Waals surface area contributed by atoms with E-state index < -0.39 is 27.6 Å². The number of thiol groups is 1. The Balaban J connectivity index is 1.77. The molecule has 0 saturated carbocycles. The summed E-state index contributed by atoms with van der Waals surface area (Å²) < 4.78 is 46.1. The van der Waals surface area contributed by atoms with Crippen LogP contribution in [0.4, 0.5) is 4.39 Å². The molecule has 0 fully saturated rings. The Labute approximate surface area is 198 Å². The molecule has 8 heteroatoms. The van der Waals surface area contributed by atoms with Crippen LogP contribution < -0.4 is 9.46 Å². The summed E-state index contributed by atoms with van der Waals surface area (Å²) in [5.74, 6) is -1.52. The quantitative estimate of drug-likeness (QED) is 0.290. The van der Waals surface area contributed by atoms with Crippen molar-refractivity contribution < 1.29 is 28.1 Å². The average Bonchev–Trinajstić information content (AvgIpc) is 2.89. The summed E-state index contributed by atoms with van der Waals surface area (Å²) >= 11 is 0. The van der Waals surface area contributed by atoms with Gasteiger partial charge in [0.15, 0.2) is 0 Å². The van der Waals surface area contributed by atoms with Crippen LogP contribution in [0.3, 0.4) is 0 Å². The van der Waals surface area contributed by atoms with E-state index in [-0.39, 0.29) is 24.8 Å². The van der Waals surface area contributed by atoms with Gasteiger partial charge in [0.25, 0.3) is 0 Å². The Morgan fingerprint density at radius 3 is 2.50 bits per heavy atom. The highest BCUT2D eigenvalue weighted by Gasteiger charge is 2.37. The van der Waals surface area contributed by atoms with Crippen molar-refractivity contribution in [3.05, 3.63) is 94.8 Å². The number of carboxylic acids is 1. The van der Waals surface area contributed by atoms with E-state index in [1.165, 1.54) is 12.1 Å². The van der Waals surface area contributed by atoms with Gasteiger partial charge < -0.3 is 18.9 Å². The lowest BCUT2D eigenvalue weighted by atomic mass is 9.87. The number of ether oxygens (including phenoxy) is 1. The van der Waals surface area contributed by atoms with E-state index in [1.54, 1.807) is 36.4 Å². The van der Waals surface area contributed by atoms with Crippen LogP contribution in [0.25, 0.3) is 0 Å². The summed E-state index contributed by atoms with van der Waals surface area (Å²) in [5, 5.41) is 9.52. The largest absolute Gasteiger partial charge is 0.487 e. The van der Waals surface area contributed by atoms with Gasteiger partial charge in [-0.25, -0.2) is 19.0 Å². The molecule has 0 aliphatic carbocycles. The van der Waals surface area contributed by atoms with Crippen molar-refractivity contribution in [1.82, 2.24) is 4.72 Å². The van der Waals surface area contributed by atoms with Gasteiger partial charge in [-0.1, -0.05) is 42.5 Å². The number of para-hydroxylation sites is 1. The standard InChI is InChI=1S/C26H30FNO5S/c1-17-7-8-20(23(14-26(29)30)19-9-11-22(27)12-10-19)13-21(17)16-34(31,32)25-6-4-3-5-24(25)33-18(2)15-28-34/h3-13,18,23,28,31-32,34H,14-16H2,1-2H3,(H,29,30)/t18-,23?/m1/s1. The number of carboxylic acid groups (broad SMARTS) is 1. The van der Waals surface area contributed by atoms with Crippen molar-refractivity contribution in [2.24, 2.45) is 0 Å². The Kier molecular flexibility index (Phi) is 6.44. The van der Waals surface area contributed by atoms with Gasteiger partial charge in [0, 0.05) is 18.2 Å². The van der Waals surface area contributed by atoms with Crippen LogP contribution >= 0.6 is 9.91 Å². The maximum Gasteiger partial charge on any atom is 0.304 e. The maximum atomic E-state index is 13.5. The number of halogens is 1. The molecular formula is C26H30FNO5S. The smallest absolute Gasteiger partial charge is 0.304 e. The summed E-state index contributed by atoms with van der Waals surface area (Å²) in [5.41, 5.74) is 2.92. The van der Waals surface area contributed by atoms with Crippen molar-refractivity contribution in [3.8, 4) is 5.75 Å². The molecule has 0 aromatic heterocycles. The van der Waals surface area contributed by atoms with Gasteiger partial charge in [0.05, 0.1) is 11.3 Å². The number of nitrogens with one attached hydrogen (secondary N) is 1. The molecule has 1 heterocycles. The number of carbonyl (C=O) groups is 1. The molecular weight excluding hydrogens is 457 g/mol. The van der Waals surface area contributed by atoms with Crippen molar-refractivity contribution in [2.75, 3.05) is 6.54 Å². The first kappa shape index (κ1) is 24.2. The van der Waals surface area contributed by atoms with E-state index in [0.717, 1.165) is 5.56 Å². The highest BCUT2D eigenvalue weighted by atomic mass is 32.3. The lowest BCUT2D eigenvalue weighted by Gasteiger charge is -2.59. The Hall–Kier alpha value is -2.91. The molecule has 3 aromatic carbocycles. The molecule has 1 unspecified atom stereocenters. The van der Waals surface area contributed by atoms with E-state index >= 15 is 0 Å². The molecule has 0 spiro atoms. The molecule has 3 aromatic rings. The fourth-order valence-corrected chi connectivity index (χ4v) is 7.52. The summed E-state index contributed by atoms with van der Waals surface area (Å²) in [7, 11) is -4.64. The molecule has 0 radical (unpaired) electrons. The van der Waals surface area contributed by atoms with Gasteiger partial charge in [-0.2, -0.15) is 0 Å². The van der Waals surface area contributed by atoms with E-state index in [1.807, 2.05) is 32.0 Å².